The van der Waals surface area contributed by atoms with Crippen LogP contribution >= 0.6 is 0 Å². The van der Waals surface area contributed by atoms with Gasteiger partial charge in [0, 0.05) is 11.3 Å². The number of nitrogens with zero attached hydrogens (tertiary/aromatic N) is 1. The van der Waals surface area contributed by atoms with Gasteiger partial charge in [0.1, 0.15) is 11.5 Å². The SMILES string of the molecule is Cc1oc(-c2ccc(NC(=O)Cc3ccccc3)cc2)nc1CNC(=O)C1(c2ccccc2)CC1. The molecule has 2 amide bonds. The second-order valence-electron chi connectivity index (χ2n) is 8.94. The average molecular weight is 466 g/mol. The van der Waals surface area contributed by atoms with E-state index >= 15 is 0 Å². The Morgan fingerprint density at radius 3 is 2.23 bits per heavy atom. The average Bonchev–Trinajstić information content (AvgIpc) is 3.61. The van der Waals surface area contributed by atoms with Crippen LogP contribution in [-0.4, -0.2) is 16.8 Å². The molecule has 1 saturated carbocycles. The molecule has 4 aromatic rings. The number of carbonyl (C=O) groups is 2. The highest BCUT2D eigenvalue weighted by Crippen LogP contribution is 2.48. The summed E-state index contributed by atoms with van der Waals surface area (Å²) in [6.07, 6.45) is 2.04. The van der Waals surface area contributed by atoms with E-state index in [4.69, 9.17) is 4.42 Å². The molecule has 1 heterocycles. The summed E-state index contributed by atoms with van der Waals surface area (Å²) in [4.78, 5) is 29.8. The summed E-state index contributed by atoms with van der Waals surface area (Å²) >= 11 is 0. The number of aryl methyl sites for hydroxylation is 1. The standard InChI is InChI=1S/C29H27N3O3/c1-20-25(19-30-28(34)29(16-17-29)23-10-6-3-7-11-23)32-27(35-20)22-12-14-24(15-13-22)31-26(33)18-21-8-4-2-5-9-21/h2-15H,16-19H2,1H3,(H,30,34)(H,31,33). The summed E-state index contributed by atoms with van der Waals surface area (Å²) in [5, 5.41) is 5.96. The third-order valence-corrected chi connectivity index (χ3v) is 6.44. The van der Waals surface area contributed by atoms with E-state index in [0.717, 1.165) is 29.5 Å². The second kappa shape index (κ2) is 9.58. The highest BCUT2D eigenvalue weighted by atomic mass is 16.4. The fourth-order valence-corrected chi connectivity index (χ4v) is 4.26. The van der Waals surface area contributed by atoms with E-state index in [1.165, 1.54) is 0 Å². The summed E-state index contributed by atoms with van der Waals surface area (Å²) in [5.41, 5.74) is 3.83. The highest BCUT2D eigenvalue weighted by Gasteiger charge is 2.51. The van der Waals surface area contributed by atoms with Crippen LogP contribution in [0.4, 0.5) is 5.69 Å². The van der Waals surface area contributed by atoms with Gasteiger partial charge in [-0.15, -0.1) is 0 Å². The van der Waals surface area contributed by atoms with Gasteiger partial charge in [0.2, 0.25) is 17.7 Å². The zero-order valence-electron chi connectivity index (χ0n) is 19.6. The van der Waals surface area contributed by atoms with Crippen LogP contribution in [0.15, 0.2) is 89.3 Å². The van der Waals surface area contributed by atoms with Gasteiger partial charge < -0.3 is 15.1 Å². The van der Waals surface area contributed by atoms with Crippen LogP contribution < -0.4 is 10.6 Å². The molecule has 0 radical (unpaired) electrons. The van der Waals surface area contributed by atoms with E-state index in [-0.39, 0.29) is 11.8 Å². The lowest BCUT2D eigenvalue weighted by atomic mass is 9.95. The van der Waals surface area contributed by atoms with E-state index in [0.29, 0.717) is 36.0 Å². The van der Waals surface area contributed by atoms with Crippen LogP contribution in [0.2, 0.25) is 0 Å². The normalized spacial score (nSPS) is 13.7. The quantitative estimate of drug-likeness (QED) is 0.376. The molecule has 5 rings (SSSR count). The summed E-state index contributed by atoms with van der Waals surface area (Å²) < 4.78 is 5.87. The maximum atomic E-state index is 12.9. The Labute approximate surface area is 204 Å². The number of aromatic nitrogens is 1. The Balaban J connectivity index is 1.20. The lowest BCUT2D eigenvalue weighted by Crippen LogP contribution is -2.34. The number of rotatable bonds is 8. The minimum Gasteiger partial charge on any atom is -0.441 e. The van der Waals surface area contributed by atoms with Gasteiger partial charge in [-0.1, -0.05) is 60.7 Å². The molecule has 0 atom stereocenters. The first-order valence-electron chi connectivity index (χ1n) is 11.8. The van der Waals surface area contributed by atoms with Crippen LogP contribution in [0.3, 0.4) is 0 Å². The van der Waals surface area contributed by atoms with Crippen molar-refractivity contribution >= 4 is 17.5 Å². The maximum absolute atomic E-state index is 12.9. The molecule has 6 heteroatoms. The van der Waals surface area contributed by atoms with Crippen LogP contribution in [0.5, 0.6) is 0 Å². The van der Waals surface area contributed by atoms with Crippen molar-refractivity contribution in [3.8, 4) is 11.5 Å². The Hall–Kier alpha value is -4.19. The zero-order valence-corrected chi connectivity index (χ0v) is 19.6. The van der Waals surface area contributed by atoms with Gasteiger partial charge in [0.15, 0.2) is 0 Å². The number of oxazole rings is 1. The van der Waals surface area contributed by atoms with Gasteiger partial charge in [-0.3, -0.25) is 9.59 Å². The van der Waals surface area contributed by atoms with Gasteiger partial charge in [0.25, 0.3) is 0 Å². The van der Waals surface area contributed by atoms with Gasteiger partial charge in [-0.2, -0.15) is 0 Å². The Bertz CT molecular complexity index is 1320. The molecule has 0 aliphatic heterocycles. The lowest BCUT2D eigenvalue weighted by molar-refractivity contribution is -0.123. The molecular formula is C29H27N3O3. The van der Waals surface area contributed by atoms with E-state index in [1.54, 1.807) is 0 Å². The first-order chi connectivity index (χ1) is 17.0. The van der Waals surface area contributed by atoms with Crippen LogP contribution in [0.1, 0.15) is 35.4 Å². The zero-order chi connectivity index (χ0) is 24.3. The van der Waals surface area contributed by atoms with E-state index in [2.05, 4.69) is 15.6 Å². The van der Waals surface area contributed by atoms with Crippen molar-refractivity contribution in [3.63, 3.8) is 0 Å². The number of anilines is 1. The predicted molar refractivity (Wildman–Crippen MR) is 135 cm³/mol. The molecule has 0 unspecified atom stereocenters. The molecular weight excluding hydrogens is 438 g/mol. The van der Waals surface area contributed by atoms with Gasteiger partial charge >= 0.3 is 0 Å². The van der Waals surface area contributed by atoms with Crippen molar-refractivity contribution in [1.29, 1.82) is 0 Å². The van der Waals surface area contributed by atoms with E-state index in [1.807, 2.05) is 91.9 Å². The number of amides is 2. The third kappa shape index (κ3) is 5.01. The fourth-order valence-electron chi connectivity index (χ4n) is 4.26. The highest BCUT2D eigenvalue weighted by molar-refractivity contribution is 5.92. The number of benzene rings is 3. The summed E-state index contributed by atoms with van der Waals surface area (Å²) in [7, 11) is 0. The Morgan fingerprint density at radius 1 is 0.914 bits per heavy atom. The van der Waals surface area contributed by atoms with Crippen LogP contribution in [0.25, 0.3) is 11.5 Å². The first kappa shape index (κ1) is 22.6. The molecule has 1 aliphatic rings. The Morgan fingerprint density at radius 2 is 1.57 bits per heavy atom. The van der Waals surface area contributed by atoms with Crippen molar-refractivity contribution < 1.29 is 14.0 Å². The Kier molecular flexibility index (Phi) is 6.19. The fraction of sp³-hybridized carbons (Fsp3) is 0.207. The first-order valence-corrected chi connectivity index (χ1v) is 11.8. The van der Waals surface area contributed by atoms with Gasteiger partial charge in [-0.05, 0) is 55.2 Å². The molecule has 1 fully saturated rings. The maximum Gasteiger partial charge on any atom is 0.230 e. The topological polar surface area (TPSA) is 84.2 Å². The molecule has 0 saturated heterocycles. The van der Waals surface area contributed by atoms with Crippen LogP contribution in [-0.2, 0) is 28.0 Å². The molecule has 2 N–H and O–H groups in total. The van der Waals surface area contributed by atoms with E-state index < -0.39 is 5.41 Å². The largest absolute Gasteiger partial charge is 0.441 e. The van der Waals surface area contributed by atoms with Crippen molar-refractivity contribution in [1.82, 2.24) is 10.3 Å². The van der Waals surface area contributed by atoms with E-state index in [9.17, 15) is 9.59 Å². The number of hydrogen-bond acceptors (Lipinski definition) is 4. The number of nitrogens with one attached hydrogen (secondary N) is 2. The molecule has 0 bridgehead atoms. The molecule has 176 valence electrons. The molecule has 1 aliphatic carbocycles. The monoisotopic (exact) mass is 465 g/mol. The van der Waals surface area contributed by atoms with Crippen molar-refractivity contribution in [2.75, 3.05) is 5.32 Å². The van der Waals surface area contributed by atoms with Crippen molar-refractivity contribution in [2.24, 2.45) is 0 Å². The molecule has 35 heavy (non-hydrogen) atoms. The van der Waals surface area contributed by atoms with Gasteiger partial charge in [0.05, 0.1) is 18.4 Å². The number of hydrogen-bond donors (Lipinski definition) is 2. The smallest absolute Gasteiger partial charge is 0.230 e. The molecule has 0 spiro atoms. The summed E-state index contributed by atoms with van der Waals surface area (Å²) in [6, 6.07) is 26.9. The molecule has 1 aromatic heterocycles. The minimum absolute atomic E-state index is 0.0308. The van der Waals surface area contributed by atoms with Gasteiger partial charge in [-0.25, -0.2) is 4.98 Å². The van der Waals surface area contributed by atoms with Crippen molar-refractivity contribution in [2.45, 2.75) is 38.1 Å². The summed E-state index contributed by atoms with van der Waals surface area (Å²) in [6.45, 7) is 2.16. The molecule has 3 aromatic carbocycles. The van der Waals surface area contributed by atoms with Crippen LogP contribution in [0, 0.1) is 6.92 Å². The number of carbonyl (C=O) groups excluding carboxylic acids is 2. The lowest BCUT2D eigenvalue weighted by Gasteiger charge is -2.15. The minimum atomic E-state index is -0.414. The second-order valence-corrected chi connectivity index (χ2v) is 8.94. The third-order valence-electron chi connectivity index (χ3n) is 6.44. The van der Waals surface area contributed by atoms with Crippen molar-refractivity contribution in [3.05, 3.63) is 108 Å². The molecule has 6 nitrogen and oxygen atoms in total. The predicted octanol–water partition coefficient (Wildman–Crippen LogP) is 5.18. The summed E-state index contributed by atoms with van der Waals surface area (Å²) in [5.74, 6) is 1.12.